The molecule has 2 heterocycles. The van der Waals surface area contributed by atoms with Gasteiger partial charge in [0.2, 0.25) is 5.16 Å². The van der Waals surface area contributed by atoms with Crippen LogP contribution in [0, 0.1) is 0 Å². The number of fused-ring (bicyclic) bond motifs is 1. The summed E-state index contributed by atoms with van der Waals surface area (Å²) >= 11 is 1.23. The highest BCUT2D eigenvalue weighted by Crippen LogP contribution is 2.27. The summed E-state index contributed by atoms with van der Waals surface area (Å²) in [6.07, 6.45) is 0. The second kappa shape index (κ2) is 6.64. The van der Waals surface area contributed by atoms with E-state index in [1.54, 1.807) is 31.4 Å². The van der Waals surface area contributed by atoms with E-state index in [0.29, 0.717) is 22.1 Å². The van der Waals surface area contributed by atoms with Crippen molar-refractivity contribution in [1.29, 1.82) is 0 Å². The van der Waals surface area contributed by atoms with Crippen LogP contribution in [0.25, 0.3) is 11.4 Å². The number of aromatic nitrogens is 3. The minimum Gasteiger partial charge on any atom is -0.497 e. The maximum atomic E-state index is 12.3. The van der Waals surface area contributed by atoms with Crippen LogP contribution in [0.4, 0.5) is 0 Å². The van der Waals surface area contributed by atoms with Crippen molar-refractivity contribution in [2.75, 3.05) is 13.0 Å². The topological polar surface area (TPSA) is 88.2 Å². The molecular weight excluding hydrogens is 352 g/mol. The van der Waals surface area contributed by atoms with Gasteiger partial charge in [-0.25, -0.2) is 4.98 Å². The number of H-pyrrole nitrogens is 1. The van der Waals surface area contributed by atoms with E-state index in [1.165, 1.54) is 16.7 Å². The zero-order chi connectivity index (χ0) is 18.1. The number of ether oxygens (including phenoxy) is 1. The predicted octanol–water partition coefficient (Wildman–Crippen LogP) is 2.83. The molecule has 1 aliphatic heterocycles. The Balaban J connectivity index is 1.45. The highest BCUT2D eigenvalue weighted by molar-refractivity contribution is 7.99. The molecule has 130 valence electrons. The van der Waals surface area contributed by atoms with Crippen LogP contribution in [0.5, 0.6) is 5.75 Å². The molecule has 0 aliphatic carbocycles. The Morgan fingerprint density at radius 3 is 2.31 bits per heavy atom. The normalized spacial score (nSPS) is 13.2. The summed E-state index contributed by atoms with van der Waals surface area (Å²) in [6, 6.07) is 14.2. The lowest BCUT2D eigenvalue weighted by Crippen LogP contribution is -2.29. The van der Waals surface area contributed by atoms with E-state index < -0.39 is 0 Å². The molecule has 7 nitrogen and oxygen atoms in total. The Kier molecular flexibility index (Phi) is 4.18. The molecule has 3 aromatic rings. The molecule has 8 heteroatoms. The fourth-order valence-corrected chi connectivity index (χ4v) is 3.41. The van der Waals surface area contributed by atoms with Gasteiger partial charge in [0.1, 0.15) is 5.75 Å². The van der Waals surface area contributed by atoms with Crippen LogP contribution in [-0.2, 0) is 0 Å². The van der Waals surface area contributed by atoms with E-state index in [1.807, 2.05) is 24.3 Å². The van der Waals surface area contributed by atoms with E-state index in [4.69, 9.17) is 4.74 Å². The van der Waals surface area contributed by atoms with Gasteiger partial charge in [-0.2, -0.15) is 0 Å². The average Bonchev–Trinajstić information content (AvgIpc) is 3.25. The molecular formula is C18H14N4O3S. The molecule has 4 rings (SSSR count). The van der Waals surface area contributed by atoms with E-state index in [-0.39, 0.29) is 17.7 Å². The second-order valence-electron chi connectivity index (χ2n) is 5.55. The van der Waals surface area contributed by atoms with Crippen LogP contribution >= 0.6 is 11.8 Å². The number of aromatic amines is 1. The number of carbonyl (C=O) groups excluding carboxylic acids is 2. The first kappa shape index (κ1) is 16.3. The molecule has 0 atom stereocenters. The second-order valence-corrected chi connectivity index (χ2v) is 6.46. The number of carbonyl (C=O) groups is 2. The first-order valence-electron chi connectivity index (χ1n) is 7.82. The molecule has 1 aliphatic rings. The Labute approximate surface area is 153 Å². The monoisotopic (exact) mass is 366 g/mol. The Morgan fingerprint density at radius 2 is 1.69 bits per heavy atom. The largest absolute Gasteiger partial charge is 0.497 e. The summed E-state index contributed by atoms with van der Waals surface area (Å²) in [5, 5.41) is 7.47. The molecule has 0 bridgehead atoms. The number of benzene rings is 2. The first-order chi connectivity index (χ1) is 12.7. The van der Waals surface area contributed by atoms with Crippen molar-refractivity contribution in [1.82, 2.24) is 20.1 Å². The Bertz CT molecular complexity index is 949. The third kappa shape index (κ3) is 2.84. The van der Waals surface area contributed by atoms with Gasteiger partial charge < -0.3 is 4.74 Å². The SMILES string of the molecule is COc1ccc(-c2nc(SCN3C(=O)c4ccccc4C3=O)n[nH]2)cc1. The maximum absolute atomic E-state index is 12.3. The van der Waals surface area contributed by atoms with E-state index >= 15 is 0 Å². The van der Waals surface area contributed by atoms with Gasteiger partial charge in [-0.05, 0) is 36.4 Å². The fourth-order valence-electron chi connectivity index (χ4n) is 2.67. The minimum atomic E-state index is -0.288. The number of hydrogen-bond donors (Lipinski definition) is 1. The molecule has 0 radical (unpaired) electrons. The van der Waals surface area contributed by atoms with Gasteiger partial charge in [-0.15, -0.1) is 5.10 Å². The van der Waals surface area contributed by atoms with Crippen molar-refractivity contribution in [2.45, 2.75) is 5.16 Å². The summed E-state index contributed by atoms with van der Waals surface area (Å²) in [6.45, 7) is 0. The molecule has 1 N–H and O–H groups in total. The lowest BCUT2D eigenvalue weighted by Gasteiger charge is -2.11. The molecule has 0 fully saturated rings. The summed E-state index contributed by atoms with van der Waals surface area (Å²) in [4.78, 5) is 30.3. The number of nitrogens with one attached hydrogen (secondary N) is 1. The molecule has 1 aromatic heterocycles. The highest BCUT2D eigenvalue weighted by Gasteiger charge is 2.35. The Hall–Kier alpha value is -3.13. The van der Waals surface area contributed by atoms with Crippen LogP contribution in [0.15, 0.2) is 53.7 Å². The van der Waals surface area contributed by atoms with Crippen molar-refractivity contribution < 1.29 is 14.3 Å². The van der Waals surface area contributed by atoms with Crippen LogP contribution in [0.2, 0.25) is 0 Å². The van der Waals surface area contributed by atoms with Crippen LogP contribution < -0.4 is 4.74 Å². The van der Waals surface area contributed by atoms with Crippen molar-refractivity contribution in [3.05, 3.63) is 59.7 Å². The Morgan fingerprint density at radius 1 is 1.04 bits per heavy atom. The first-order valence-corrected chi connectivity index (χ1v) is 8.81. The molecule has 2 amide bonds. The average molecular weight is 366 g/mol. The van der Waals surface area contributed by atoms with Crippen molar-refractivity contribution in [3.8, 4) is 17.1 Å². The zero-order valence-corrected chi connectivity index (χ0v) is 14.6. The van der Waals surface area contributed by atoms with Crippen molar-refractivity contribution >= 4 is 23.6 Å². The third-order valence-electron chi connectivity index (χ3n) is 4.03. The van der Waals surface area contributed by atoms with Gasteiger partial charge in [-0.3, -0.25) is 19.6 Å². The van der Waals surface area contributed by atoms with E-state index in [2.05, 4.69) is 15.2 Å². The summed E-state index contributed by atoms with van der Waals surface area (Å²) in [5.41, 5.74) is 1.74. The summed E-state index contributed by atoms with van der Waals surface area (Å²) in [5.74, 6) is 0.950. The lowest BCUT2D eigenvalue weighted by molar-refractivity contribution is 0.0684. The molecule has 0 saturated heterocycles. The number of methoxy groups -OCH3 is 1. The summed E-state index contributed by atoms with van der Waals surface area (Å²) < 4.78 is 5.13. The molecule has 26 heavy (non-hydrogen) atoms. The van der Waals surface area contributed by atoms with Crippen LogP contribution in [0.3, 0.4) is 0 Å². The van der Waals surface area contributed by atoms with E-state index in [9.17, 15) is 9.59 Å². The van der Waals surface area contributed by atoms with Crippen molar-refractivity contribution in [3.63, 3.8) is 0 Å². The van der Waals surface area contributed by atoms with Crippen LogP contribution in [-0.4, -0.2) is 44.9 Å². The number of hydrogen-bond acceptors (Lipinski definition) is 6. The number of imide groups is 1. The van der Waals surface area contributed by atoms with Gasteiger partial charge in [0.15, 0.2) is 5.82 Å². The highest BCUT2D eigenvalue weighted by atomic mass is 32.2. The van der Waals surface area contributed by atoms with Gasteiger partial charge >= 0.3 is 0 Å². The quantitative estimate of drug-likeness (QED) is 0.552. The zero-order valence-electron chi connectivity index (χ0n) is 13.8. The van der Waals surface area contributed by atoms with Gasteiger partial charge in [0.05, 0.1) is 24.1 Å². The fraction of sp³-hybridized carbons (Fsp3) is 0.111. The number of nitrogens with zero attached hydrogens (tertiary/aromatic N) is 3. The number of thioether (sulfide) groups is 1. The number of rotatable bonds is 5. The van der Waals surface area contributed by atoms with Crippen molar-refractivity contribution in [2.24, 2.45) is 0 Å². The predicted molar refractivity (Wildman–Crippen MR) is 96.0 cm³/mol. The summed E-state index contributed by atoms with van der Waals surface area (Å²) in [7, 11) is 1.61. The van der Waals surface area contributed by atoms with Crippen LogP contribution in [0.1, 0.15) is 20.7 Å². The van der Waals surface area contributed by atoms with Gasteiger partial charge in [-0.1, -0.05) is 23.9 Å². The molecule has 0 saturated carbocycles. The molecule has 2 aromatic carbocycles. The molecule has 0 unspecified atom stereocenters. The van der Waals surface area contributed by atoms with Gasteiger partial charge in [0.25, 0.3) is 11.8 Å². The molecule has 0 spiro atoms. The standard InChI is InChI=1S/C18H14N4O3S/c1-25-12-8-6-11(7-9-12)15-19-18(21-20-15)26-10-22-16(23)13-4-2-3-5-14(13)17(22)24/h2-9H,10H2,1H3,(H,19,20,21). The van der Waals surface area contributed by atoms with Gasteiger partial charge in [0, 0.05) is 5.56 Å². The lowest BCUT2D eigenvalue weighted by atomic mass is 10.1. The third-order valence-corrected chi connectivity index (χ3v) is 4.86. The minimum absolute atomic E-state index is 0.159. The number of amides is 2. The maximum Gasteiger partial charge on any atom is 0.262 e. The smallest absolute Gasteiger partial charge is 0.262 e. The van der Waals surface area contributed by atoms with E-state index in [0.717, 1.165) is 11.3 Å².